The van der Waals surface area contributed by atoms with Crippen LogP contribution in [-0.2, 0) is 0 Å². The molecule has 0 spiro atoms. The molecule has 0 amide bonds. The van der Waals surface area contributed by atoms with E-state index in [1.54, 1.807) is 0 Å². The Morgan fingerprint density at radius 3 is 1.43 bits per heavy atom. The van der Waals surface area contributed by atoms with Crippen LogP contribution in [0, 0.1) is 66.6 Å². The van der Waals surface area contributed by atoms with E-state index < -0.39 is 70.0 Å². The van der Waals surface area contributed by atoms with Crippen LogP contribution in [-0.4, -0.2) is 52.9 Å². The summed E-state index contributed by atoms with van der Waals surface area (Å²) >= 11 is 0. The second-order valence-corrected chi connectivity index (χ2v) is 6.16. The Kier molecular flexibility index (Phi) is 5.31. The van der Waals surface area contributed by atoms with Crippen molar-refractivity contribution in [2.24, 2.45) is 5.92 Å². The Morgan fingerprint density at radius 1 is 0.786 bits per heavy atom. The highest BCUT2D eigenvalue weighted by atomic mass is 16.7. The minimum Gasteiger partial charge on any atom is -0.264 e. The van der Waals surface area contributed by atoms with Crippen molar-refractivity contribution in [3.63, 3.8) is 0 Å². The first-order valence-corrected chi connectivity index (χ1v) is 7.13. The van der Waals surface area contributed by atoms with Gasteiger partial charge in [-0.2, -0.15) is 0 Å². The first-order chi connectivity index (χ1) is 12.6. The maximum atomic E-state index is 11.6. The number of nitro groups is 6. The normalized spacial score (nSPS) is 27.8. The van der Waals surface area contributed by atoms with E-state index in [1.807, 2.05) is 0 Å². The molecule has 0 aromatic rings. The zero-order valence-electron chi connectivity index (χ0n) is 14.3. The summed E-state index contributed by atoms with van der Waals surface area (Å²) in [6.45, 7) is 2.33. The molecule has 0 saturated heterocycles. The van der Waals surface area contributed by atoms with Gasteiger partial charge >= 0.3 is 23.3 Å². The minimum absolute atomic E-state index is 0.555. The monoisotopic (exact) mass is 408 g/mol. The molecule has 1 aliphatic rings. The lowest BCUT2D eigenvalue weighted by Crippen LogP contribution is -2.73. The summed E-state index contributed by atoms with van der Waals surface area (Å²) in [5, 5.41) is 68.9. The molecule has 154 valence electrons. The Labute approximate surface area is 152 Å². The van der Waals surface area contributed by atoms with Crippen molar-refractivity contribution in [1.29, 1.82) is 0 Å². The molecular weight excluding hydrogens is 396 g/mol. The average molecular weight is 408 g/mol. The second kappa shape index (κ2) is 6.70. The number of hydrogen-bond acceptors (Lipinski definition) is 12. The maximum absolute atomic E-state index is 11.6. The predicted molar refractivity (Wildman–Crippen MR) is 82.5 cm³/mol. The summed E-state index contributed by atoms with van der Waals surface area (Å²) in [5.41, 5.74) is -4.12. The summed E-state index contributed by atoms with van der Waals surface area (Å²) in [4.78, 5) is 58.3. The lowest BCUT2D eigenvalue weighted by atomic mass is 9.65. The van der Waals surface area contributed by atoms with Crippen LogP contribution in [0.3, 0.4) is 0 Å². The Bertz CT molecular complexity index is 801. The van der Waals surface area contributed by atoms with Crippen molar-refractivity contribution in [3.8, 4) is 0 Å². The summed E-state index contributed by atoms with van der Waals surface area (Å²) in [7, 11) is 0. The standard InChI is InChI=1S/C10H12N6O12/c1-4-5(2)9(3,13(21)22)8(12(19)20)6(7(4)11(17)18)10(14(23)24,15(25)26)16(27)28/h6-8H,1-3H3. The fourth-order valence-electron chi connectivity index (χ4n) is 3.49. The SMILES string of the molecule is CC1=C(C)C(C)([N+](=O)[O-])C([N+](=O)[O-])C(C([N+](=O)[O-])([N+](=O)[O-])[N+](=O)[O-])C1[N+](=O)[O-]. The molecule has 0 saturated carbocycles. The van der Waals surface area contributed by atoms with Gasteiger partial charge in [0.25, 0.3) is 6.04 Å². The van der Waals surface area contributed by atoms with Gasteiger partial charge in [0.2, 0.25) is 0 Å². The van der Waals surface area contributed by atoms with Crippen LogP contribution in [0.2, 0.25) is 0 Å². The van der Waals surface area contributed by atoms with Crippen LogP contribution >= 0.6 is 0 Å². The fourth-order valence-corrected chi connectivity index (χ4v) is 3.49. The zero-order chi connectivity index (χ0) is 22.4. The van der Waals surface area contributed by atoms with Crippen LogP contribution in [0.25, 0.3) is 0 Å². The molecule has 0 fully saturated rings. The highest BCUT2D eigenvalue weighted by molar-refractivity contribution is 5.31. The molecule has 4 unspecified atom stereocenters. The highest BCUT2D eigenvalue weighted by Gasteiger charge is 2.90. The predicted octanol–water partition coefficient (Wildman–Crippen LogP) is -0.237. The van der Waals surface area contributed by atoms with Crippen LogP contribution in [0.15, 0.2) is 11.1 Å². The molecule has 0 heterocycles. The van der Waals surface area contributed by atoms with Crippen molar-refractivity contribution in [1.82, 2.24) is 0 Å². The molecule has 1 aliphatic carbocycles. The zero-order valence-corrected chi connectivity index (χ0v) is 14.3. The molecular formula is C10H12N6O12. The molecule has 0 bridgehead atoms. The third-order valence-corrected chi connectivity index (χ3v) is 5.14. The van der Waals surface area contributed by atoms with Crippen molar-refractivity contribution in [3.05, 3.63) is 71.8 Å². The molecule has 18 nitrogen and oxygen atoms in total. The lowest BCUT2D eigenvalue weighted by Gasteiger charge is -2.35. The average Bonchev–Trinajstić information content (AvgIpc) is 2.51. The van der Waals surface area contributed by atoms with Gasteiger partial charge in [-0.05, 0) is 13.8 Å². The molecule has 1 rings (SSSR count). The van der Waals surface area contributed by atoms with Gasteiger partial charge in [-0.25, -0.2) is 0 Å². The van der Waals surface area contributed by atoms with Gasteiger partial charge in [0.05, 0.1) is 0 Å². The van der Waals surface area contributed by atoms with Gasteiger partial charge in [0.15, 0.2) is 14.8 Å². The highest BCUT2D eigenvalue weighted by Crippen LogP contribution is 2.47. The lowest BCUT2D eigenvalue weighted by molar-refractivity contribution is -0.986. The summed E-state index contributed by atoms with van der Waals surface area (Å²) in [5.74, 6) is -7.88. The van der Waals surface area contributed by atoms with Crippen molar-refractivity contribution in [2.75, 3.05) is 0 Å². The molecule has 0 N–H and O–H groups in total. The quantitative estimate of drug-likeness (QED) is 0.229. The Balaban J connectivity index is 4.26. The van der Waals surface area contributed by atoms with E-state index in [2.05, 4.69) is 0 Å². The van der Waals surface area contributed by atoms with Gasteiger partial charge in [-0.15, -0.1) is 0 Å². The van der Waals surface area contributed by atoms with Crippen LogP contribution < -0.4 is 0 Å². The summed E-state index contributed by atoms with van der Waals surface area (Å²) in [6.07, 6.45) is 0. The number of rotatable bonds is 7. The number of hydrogen-bond donors (Lipinski definition) is 0. The third-order valence-electron chi connectivity index (χ3n) is 5.14. The van der Waals surface area contributed by atoms with E-state index in [9.17, 15) is 60.7 Å². The van der Waals surface area contributed by atoms with E-state index in [1.165, 1.54) is 0 Å². The number of nitrogens with zero attached hydrogens (tertiary/aromatic N) is 6. The van der Waals surface area contributed by atoms with E-state index in [0.29, 0.717) is 6.92 Å². The minimum atomic E-state index is -4.67. The second-order valence-electron chi connectivity index (χ2n) is 6.16. The van der Waals surface area contributed by atoms with E-state index in [-0.39, 0.29) is 0 Å². The third kappa shape index (κ3) is 2.56. The van der Waals surface area contributed by atoms with Crippen molar-refractivity contribution < 1.29 is 29.5 Å². The summed E-state index contributed by atoms with van der Waals surface area (Å²) < 4.78 is 0. The van der Waals surface area contributed by atoms with E-state index in [4.69, 9.17) is 0 Å². The fraction of sp³-hybridized carbons (Fsp3) is 0.800. The topological polar surface area (TPSA) is 259 Å². The van der Waals surface area contributed by atoms with E-state index in [0.717, 1.165) is 13.8 Å². The first kappa shape index (κ1) is 22.2. The maximum Gasteiger partial charge on any atom is 0.717 e. The molecule has 18 heteroatoms. The Morgan fingerprint density at radius 2 is 1.18 bits per heavy atom. The molecule has 0 radical (unpaired) electrons. The van der Waals surface area contributed by atoms with Gasteiger partial charge in [0.1, 0.15) is 0 Å². The molecule has 0 aromatic carbocycles. The van der Waals surface area contributed by atoms with Gasteiger partial charge in [0, 0.05) is 32.8 Å². The van der Waals surface area contributed by atoms with Crippen LogP contribution in [0.1, 0.15) is 20.8 Å². The van der Waals surface area contributed by atoms with Gasteiger partial charge < -0.3 is 0 Å². The molecule has 0 aromatic heterocycles. The largest absolute Gasteiger partial charge is 0.717 e. The molecule has 0 aliphatic heterocycles. The first-order valence-electron chi connectivity index (χ1n) is 7.13. The van der Waals surface area contributed by atoms with Crippen LogP contribution in [0.4, 0.5) is 0 Å². The smallest absolute Gasteiger partial charge is 0.264 e. The van der Waals surface area contributed by atoms with E-state index >= 15 is 0 Å². The van der Waals surface area contributed by atoms with Gasteiger partial charge in [-0.3, -0.25) is 60.7 Å². The molecule has 4 atom stereocenters. The molecule has 28 heavy (non-hydrogen) atoms. The van der Waals surface area contributed by atoms with Crippen LogP contribution in [0.5, 0.6) is 0 Å². The van der Waals surface area contributed by atoms with Crippen molar-refractivity contribution in [2.45, 2.75) is 44.2 Å². The summed E-state index contributed by atoms with van der Waals surface area (Å²) in [6, 6.07) is -5.69. The van der Waals surface area contributed by atoms with Crippen molar-refractivity contribution >= 4 is 0 Å². The van der Waals surface area contributed by atoms with Gasteiger partial charge in [-0.1, -0.05) is 0 Å². The Hall–Kier alpha value is -3.86.